The van der Waals surface area contributed by atoms with Crippen molar-refractivity contribution in [3.63, 3.8) is 0 Å². The Hall–Kier alpha value is -1.39. The lowest BCUT2D eigenvalue weighted by atomic mass is 10.2. The van der Waals surface area contributed by atoms with E-state index >= 15 is 0 Å². The summed E-state index contributed by atoms with van der Waals surface area (Å²) in [6, 6.07) is 7.43. The van der Waals surface area contributed by atoms with Gasteiger partial charge in [0.15, 0.2) is 4.80 Å². The van der Waals surface area contributed by atoms with Crippen LogP contribution in [0.2, 0.25) is 5.02 Å². The zero-order valence-electron chi connectivity index (χ0n) is 8.89. The first kappa shape index (κ1) is 10.7. The minimum Gasteiger partial charge on any atom is -0.282 e. The van der Waals surface area contributed by atoms with Gasteiger partial charge in [-0.2, -0.15) is 0 Å². The number of benzene rings is 1. The average molecular weight is 265 g/mol. The van der Waals surface area contributed by atoms with Gasteiger partial charge in [0.1, 0.15) is 0 Å². The standard InChI is InChI=1S/C12H9ClN2OS/c13-9-3-1-8(2-4-9)7-10-11(16)15-6-5-14-12(15)17-10/h1-4,7H,5-6H2. The van der Waals surface area contributed by atoms with Gasteiger partial charge in [0.05, 0.1) is 11.1 Å². The van der Waals surface area contributed by atoms with Gasteiger partial charge in [0.25, 0.3) is 5.56 Å². The summed E-state index contributed by atoms with van der Waals surface area (Å²) in [6.45, 7) is 1.43. The van der Waals surface area contributed by atoms with Crippen LogP contribution in [0.3, 0.4) is 0 Å². The van der Waals surface area contributed by atoms with Crippen molar-refractivity contribution in [1.82, 2.24) is 4.57 Å². The van der Waals surface area contributed by atoms with Crippen LogP contribution in [0.1, 0.15) is 5.56 Å². The molecule has 2 aromatic rings. The van der Waals surface area contributed by atoms with Crippen LogP contribution in [0.25, 0.3) is 6.08 Å². The fraction of sp³-hybridized carbons (Fsp3) is 0.167. The highest BCUT2D eigenvalue weighted by Gasteiger charge is 2.09. The third-order valence-corrected chi connectivity index (χ3v) is 3.92. The maximum Gasteiger partial charge on any atom is 0.270 e. The van der Waals surface area contributed by atoms with Crippen LogP contribution in [0, 0.1) is 0 Å². The average Bonchev–Trinajstić information content (AvgIpc) is 2.87. The monoisotopic (exact) mass is 264 g/mol. The van der Waals surface area contributed by atoms with E-state index < -0.39 is 0 Å². The predicted molar refractivity (Wildman–Crippen MR) is 69.2 cm³/mol. The first-order chi connectivity index (χ1) is 8.24. The maximum atomic E-state index is 12.0. The number of halogens is 1. The highest BCUT2D eigenvalue weighted by Crippen LogP contribution is 2.09. The zero-order chi connectivity index (χ0) is 11.8. The van der Waals surface area contributed by atoms with E-state index in [1.807, 2.05) is 30.3 Å². The van der Waals surface area contributed by atoms with E-state index in [1.54, 1.807) is 4.57 Å². The molecule has 3 rings (SSSR count). The fourth-order valence-corrected chi connectivity index (χ4v) is 2.93. The lowest BCUT2D eigenvalue weighted by Crippen LogP contribution is -2.29. The Bertz CT molecular complexity index is 727. The topological polar surface area (TPSA) is 34.4 Å². The molecule has 86 valence electrons. The quantitative estimate of drug-likeness (QED) is 0.757. The molecule has 1 aliphatic heterocycles. The van der Waals surface area contributed by atoms with Gasteiger partial charge in [-0.05, 0) is 23.8 Å². The number of hydrogen-bond donors (Lipinski definition) is 0. The van der Waals surface area contributed by atoms with Crippen LogP contribution in [0.4, 0.5) is 0 Å². The molecule has 0 saturated carbocycles. The smallest absolute Gasteiger partial charge is 0.270 e. The van der Waals surface area contributed by atoms with Gasteiger partial charge in [-0.3, -0.25) is 14.4 Å². The van der Waals surface area contributed by atoms with E-state index in [-0.39, 0.29) is 5.56 Å². The van der Waals surface area contributed by atoms with Gasteiger partial charge < -0.3 is 0 Å². The molecule has 0 bridgehead atoms. The zero-order valence-corrected chi connectivity index (χ0v) is 10.5. The summed E-state index contributed by atoms with van der Waals surface area (Å²) in [5.41, 5.74) is 1.04. The normalized spacial score (nSPS) is 14.8. The molecule has 0 fully saturated rings. The molecule has 1 aromatic carbocycles. The van der Waals surface area contributed by atoms with E-state index in [0.29, 0.717) is 11.6 Å². The molecule has 1 aromatic heterocycles. The first-order valence-corrected chi connectivity index (χ1v) is 6.45. The molecule has 17 heavy (non-hydrogen) atoms. The van der Waals surface area contributed by atoms with Gasteiger partial charge >= 0.3 is 0 Å². The largest absolute Gasteiger partial charge is 0.282 e. The summed E-state index contributed by atoms with van der Waals surface area (Å²) in [6.07, 6.45) is 1.88. The molecular weight excluding hydrogens is 256 g/mol. The summed E-state index contributed by atoms with van der Waals surface area (Å²) >= 11 is 7.26. The van der Waals surface area contributed by atoms with Crippen molar-refractivity contribution in [2.75, 3.05) is 6.54 Å². The third kappa shape index (κ3) is 1.94. The van der Waals surface area contributed by atoms with Gasteiger partial charge in [-0.1, -0.05) is 35.1 Å². The second kappa shape index (κ2) is 4.13. The molecule has 3 nitrogen and oxygen atoms in total. The van der Waals surface area contributed by atoms with Crippen molar-refractivity contribution in [3.05, 3.63) is 54.5 Å². The van der Waals surface area contributed by atoms with E-state index in [0.717, 1.165) is 21.4 Å². The van der Waals surface area contributed by atoms with Crippen LogP contribution in [-0.4, -0.2) is 11.1 Å². The van der Waals surface area contributed by atoms with Crippen LogP contribution < -0.4 is 14.9 Å². The Morgan fingerprint density at radius 2 is 2.12 bits per heavy atom. The molecule has 0 N–H and O–H groups in total. The summed E-state index contributed by atoms with van der Waals surface area (Å²) in [5.74, 6) is 0. The molecule has 0 saturated heterocycles. The summed E-state index contributed by atoms with van der Waals surface area (Å²) < 4.78 is 2.46. The van der Waals surface area contributed by atoms with Gasteiger partial charge in [-0.25, -0.2) is 0 Å². The van der Waals surface area contributed by atoms with Crippen LogP contribution in [0.15, 0.2) is 34.1 Å². The molecular formula is C12H9ClN2OS. The lowest BCUT2D eigenvalue weighted by Gasteiger charge is -1.91. The molecule has 0 atom stereocenters. The number of thiazole rings is 1. The molecule has 0 spiro atoms. The van der Waals surface area contributed by atoms with Gasteiger partial charge in [0.2, 0.25) is 0 Å². The Kier molecular flexibility index (Phi) is 2.61. The number of nitrogens with zero attached hydrogens (tertiary/aromatic N) is 2. The van der Waals surface area contributed by atoms with Gasteiger partial charge in [-0.15, -0.1) is 0 Å². The van der Waals surface area contributed by atoms with E-state index in [4.69, 9.17) is 11.6 Å². The third-order valence-electron chi connectivity index (χ3n) is 2.63. The summed E-state index contributed by atoms with van der Waals surface area (Å²) in [4.78, 5) is 17.1. The van der Waals surface area contributed by atoms with Crippen LogP contribution in [0.5, 0.6) is 0 Å². The number of aromatic nitrogens is 1. The fourth-order valence-electron chi connectivity index (χ4n) is 1.78. The van der Waals surface area contributed by atoms with Crippen molar-refractivity contribution in [2.24, 2.45) is 4.99 Å². The van der Waals surface area contributed by atoms with Crippen molar-refractivity contribution < 1.29 is 0 Å². The molecule has 2 heterocycles. The van der Waals surface area contributed by atoms with Crippen LogP contribution in [-0.2, 0) is 6.54 Å². The summed E-state index contributed by atoms with van der Waals surface area (Å²) in [7, 11) is 0. The number of hydrogen-bond acceptors (Lipinski definition) is 3. The number of fused-ring (bicyclic) bond motifs is 1. The van der Waals surface area contributed by atoms with Crippen molar-refractivity contribution in [1.29, 1.82) is 0 Å². The first-order valence-electron chi connectivity index (χ1n) is 5.25. The highest BCUT2D eigenvalue weighted by atomic mass is 35.5. The SMILES string of the molecule is O=c1c(=Cc2ccc(Cl)cc2)sc2n1CCN=2. The molecule has 0 amide bonds. The molecule has 5 heteroatoms. The summed E-state index contributed by atoms with van der Waals surface area (Å²) in [5, 5.41) is 0.697. The Morgan fingerprint density at radius 1 is 1.35 bits per heavy atom. The second-order valence-corrected chi connectivity index (χ2v) is 5.23. The Morgan fingerprint density at radius 3 is 2.82 bits per heavy atom. The van der Waals surface area contributed by atoms with Crippen LogP contribution >= 0.6 is 22.9 Å². The maximum absolute atomic E-state index is 12.0. The van der Waals surface area contributed by atoms with Crippen molar-refractivity contribution in [3.8, 4) is 0 Å². The Balaban J connectivity index is 2.17. The Labute approximate surface area is 106 Å². The molecule has 0 radical (unpaired) electrons. The highest BCUT2D eigenvalue weighted by molar-refractivity contribution is 7.07. The second-order valence-electron chi connectivity index (χ2n) is 3.78. The minimum absolute atomic E-state index is 0.0567. The van der Waals surface area contributed by atoms with E-state index in [1.165, 1.54) is 11.3 Å². The van der Waals surface area contributed by atoms with Crippen molar-refractivity contribution in [2.45, 2.75) is 6.54 Å². The number of rotatable bonds is 1. The molecule has 1 aliphatic rings. The van der Waals surface area contributed by atoms with Gasteiger partial charge in [0, 0.05) is 11.6 Å². The molecule has 0 aliphatic carbocycles. The minimum atomic E-state index is 0.0567. The predicted octanol–water partition coefficient (Wildman–Crippen LogP) is 1.03. The van der Waals surface area contributed by atoms with E-state index in [2.05, 4.69) is 4.99 Å². The van der Waals surface area contributed by atoms with E-state index in [9.17, 15) is 4.79 Å². The lowest BCUT2D eigenvalue weighted by molar-refractivity contribution is 0.740. The molecule has 0 unspecified atom stereocenters. The van der Waals surface area contributed by atoms with Crippen molar-refractivity contribution >= 4 is 29.0 Å².